The maximum Gasteiger partial charge on any atom is 0.253 e. The van der Waals surface area contributed by atoms with Gasteiger partial charge >= 0.3 is 0 Å². The molecule has 0 fully saturated rings. The minimum atomic E-state index is -1.68. The summed E-state index contributed by atoms with van der Waals surface area (Å²) in [6, 6.07) is 0. The van der Waals surface area contributed by atoms with Crippen molar-refractivity contribution in [1.29, 1.82) is 0 Å². The maximum atomic E-state index is 13.1. The van der Waals surface area contributed by atoms with E-state index in [0.717, 1.165) is 0 Å². The number of halogens is 4. The molecular weight excluding hydrogens is 240 g/mol. The van der Waals surface area contributed by atoms with Crippen LogP contribution in [0, 0.1) is 23.5 Å². The second-order valence-electron chi connectivity index (χ2n) is 3.41. The molecule has 7 heteroatoms. The van der Waals surface area contributed by atoms with E-state index >= 15 is 0 Å². The van der Waals surface area contributed by atoms with Gasteiger partial charge in [0.25, 0.3) is 11.9 Å². The Morgan fingerprint density at radius 3 is 2.06 bits per heavy atom. The van der Waals surface area contributed by atoms with Gasteiger partial charge in [-0.3, -0.25) is 0 Å². The molecule has 0 radical (unpaired) electrons. The minimum absolute atomic E-state index is 0.0290. The van der Waals surface area contributed by atoms with E-state index in [1.165, 1.54) is 0 Å². The summed E-state index contributed by atoms with van der Waals surface area (Å²) in [5.74, 6) is -6.43. The Bertz CT molecular complexity index is 361. The Kier molecular flexibility index (Phi) is 5.14. The van der Waals surface area contributed by atoms with Gasteiger partial charge in [-0.2, -0.15) is 22.5 Å². The first-order valence-corrected chi connectivity index (χ1v) is 5.12. The first-order valence-electron chi connectivity index (χ1n) is 5.12. The van der Waals surface area contributed by atoms with Gasteiger partial charge in [-0.1, -0.05) is 0 Å². The third-order valence-corrected chi connectivity index (χ3v) is 2.13. The Morgan fingerprint density at radius 2 is 1.53 bits per heavy atom. The Hall–Kier alpha value is -1.37. The zero-order valence-corrected chi connectivity index (χ0v) is 8.94. The molecule has 0 bridgehead atoms. The average molecular weight is 252 g/mol. The van der Waals surface area contributed by atoms with Crippen molar-refractivity contribution in [3.05, 3.63) is 23.5 Å². The summed E-state index contributed by atoms with van der Waals surface area (Å²) >= 11 is 0. The van der Waals surface area contributed by atoms with Crippen molar-refractivity contribution in [1.82, 2.24) is 4.98 Å². The highest BCUT2D eigenvalue weighted by atomic mass is 19.2. The molecule has 0 saturated carbocycles. The van der Waals surface area contributed by atoms with Crippen LogP contribution in [-0.2, 0) is 0 Å². The van der Waals surface area contributed by atoms with Crippen molar-refractivity contribution < 1.29 is 22.7 Å². The van der Waals surface area contributed by atoms with Crippen LogP contribution in [0.2, 0.25) is 0 Å². The van der Waals surface area contributed by atoms with Crippen LogP contribution in [0.25, 0.3) is 0 Å². The van der Waals surface area contributed by atoms with E-state index in [2.05, 4.69) is 10.3 Å². The molecule has 3 nitrogen and oxygen atoms in total. The Labute approximate surface area is 95.5 Å². The maximum absolute atomic E-state index is 13.1. The quantitative estimate of drug-likeness (QED) is 0.463. The molecule has 0 saturated heterocycles. The SMILES string of the molecule is OCCCCCNc1c(F)c(F)nc(F)c1F. The van der Waals surface area contributed by atoms with E-state index in [4.69, 9.17) is 5.11 Å². The molecule has 0 aliphatic heterocycles. The van der Waals surface area contributed by atoms with Crippen LogP contribution in [0.4, 0.5) is 23.2 Å². The van der Waals surface area contributed by atoms with Crippen molar-refractivity contribution in [2.45, 2.75) is 19.3 Å². The number of nitrogens with one attached hydrogen (secondary N) is 1. The number of rotatable bonds is 6. The van der Waals surface area contributed by atoms with E-state index in [1.807, 2.05) is 0 Å². The van der Waals surface area contributed by atoms with Gasteiger partial charge in [-0.05, 0) is 19.3 Å². The zero-order chi connectivity index (χ0) is 12.8. The summed E-state index contributed by atoms with van der Waals surface area (Å²) in [6.45, 7) is 0.179. The number of anilines is 1. The molecule has 1 rings (SSSR count). The van der Waals surface area contributed by atoms with Gasteiger partial charge in [0.15, 0.2) is 0 Å². The van der Waals surface area contributed by atoms with Crippen LogP contribution in [0.1, 0.15) is 19.3 Å². The molecule has 0 amide bonds. The summed E-state index contributed by atoms with van der Waals surface area (Å²) in [4.78, 5) is 2.43. The van der Waals surface area contributed by atoms with Crippen molar-refractivity contribution in [2.24, 2.45) is 0 Å². The zero-order valence-electron chi connectivity index (χ0n) is 8.94. The molecule has 1 aromatic heterocycles. The van der Waals surface area contributed by atoms with Gasteiger partial charge < -0.3 is 10.4 Å². The van der Waals surface area contributed by atoms with Crippen LogP contribution in [0.5, 0.6) is 0 Å². The lowest BCUT2D eigenvalue weighted by Crippen LogP contribution is -2.10. The summed E-state index contributed by atoms with van der Waals surface area (Å²) in [5.41, 5.74) is -0.848. The highest BCUT2D eigenvalue weighted by Crippen LogP contribution is 2.21. The van der Waals surface area contributed by atoms with E-state index in [1.54, 1.807) is 0 Å². The number of hydrogen-bond acceptors (Lipinski definition) is 3. The number of pyridine rings is 1. The average Bonchev–Trinajstić information content (AvgIpc) is 2.30. The Morgan fingerprint density at radius 1 is 0.941 bits per heavy atom. The number of aliphatic hydroxyl groups excluding tert-OH is 1. The standard InChI is InChI=1S/C10H12F4N2O/c11-6-8(15-4-2-1-3-5-17)7(12)10(14)16-9(6)13/h17H,1-5H2,(H,15,16). The van der Waals surface area contributed by atoms with Gasteiger partial charge in [0.2, 0.25) is 11.6 Å². The molecule has 1 heterocycles. The third kappa shape index (κ3) is 3.55. The van der Waals surface area contributed by atoms with Crippen LogP contribution < -0.4 is 5.32 Å². The second-order valence-corrected chi connectivity index (χ2v) is 3.41. The topological polar surface area (TPSA) is 45.1 Å². The summed E-state index contributed by atoms with van der Waals surface area (Å²) in [5, 5.41) is 10.8. The first-order chi connectivity index (χ1) is 8.07. The fourth-order valence-electron chi connectivity index (χ4n) is 1.27. The van der Waals surface area contributed by atoms with Gasteiger partial charge in [-0.25, -0.2) is 0 Å². The first kappa shape index (κ1) is 13.7. The van der Waals surface area contributed by atoms with E-state index in [9.17, 15) is 17.6 Å². The molecule has 0 atom stereocenters. The highest BCUT2D eigenvalue weighted by Gasteiger charge is 2.19. The van der Waals surface area contributed by atoms with Crippen LogP contribution in [-0.4, -0.2) is 23.2 Å². The lowest BCUT2D eigenvalue weighted by atomic mass is 10.2. The van der Waals surface area contributed by atoms with Gasteiger partial charge in [-0.15, -0.1) is 0 Å². The molecule has 2 N–H and O–H groups in total. The molecule has 96 valence electrons. The lowest BCUT2D eigenvalue weighted by Gasteiger charge is -2.08. The van der Waals surface area contributed by atoms with E-state index in [-0.39, 0.29) is 13.2 Å². The van der Waals surface area contributed by atoms with Gasteiger partial charge in [0, 0.05) is 13.2 Å². The number of nitrogens with zero attached hydrogens (tertiary/aromatic N) is 1. The molecule has 0 aromatic carbocycles. The smallest absolute Gasteiger partial charge is 0.253 e. The Balaban J connectivity index is 2.64. The largest absolute Gasteiger partial charge is 0.396 e. The summed E-state index contributed by atoms with van der Waals surface area (Å²) in [7, 11) is 0. The summed E-state index contributed by atoms with van der Waals surface area (Å²) in [6.07, 6.45) is 1.72. The number of unbranched alkanes of at least 4 members (excludes halogenated alkanes) is 2. The van der Waals surface area contributed by atoms with Crippen molar-refractivity contribution in [3.8, 4) is 0 Å². The minimum Gasteiger partial charge on any atom is -0.396 e. The van der Waals surface area contributed by atoms with Crippen molar-refractivity contribution in [2.75, 3.05) is 18.5 Å². The van der Waals surface area contributed by atoms with Gasteiger partial charge in [0.1, 0.15) is 5.69 Å². The van der Waals surface area contributed by atoms with Crippen LogP contribution in [0.3, 0.4) is 0 Å². The molecule has 0 unspecified atom stereocenters. The van der Waals surface area contributed by atoms with Crippen LogP contribution >= 0.6 is 0 Å². The molecule has 1 aromatic rings. The second kappa shape index (κ2) is 6.39. The highest BCUT2D eigenvalue weighted by molar-refractivity contribution is 5.45. The molecule has 0 aliphatic rings. The molecule has 0 spiro atoms. The molecule has 0 aliphatic carbocycles. The van der Waals surface area contributed by atoms with Gasteiger partial charge in [0.05, 0.1) is 0 Å². The third-order valence-electron chi connectivity index (χ3n) is 2.13. The lowest BCUT2D eigenvalue weighted by molar-refractivity contribution is 0.283. The van der Waals surface area contributed by atoms with Crippen LogP contribution in [0.15, 0.2) is 0 Å². The number of aliphatic hydroxyl groups is 1. The number of aromatic nitrogens is 1. The number of hydrogen-bond donors (Lipinski definition) is 2. The fourth-order valence-corrected chi connectivity index (χ4v) is 1.27. The van der Waals surface area contributed by atoms with Crippen molar-refractivity contribution in [3.63, 3.8) is 0 Å². The van der Waals surface area contributed by atoms with E-state index < -0.39 is 29.2 Å². The predicted molar refractivity (Wildman–Crippen MR) is 53.5 cm³/mol. The fraction of sp³-hybridized carbons (Fsp3) is 0.500. The predicted octanol–water partition coefficient (Wildman–Crippen LogP) is 2.21. The summed E-state index contributed by atoms with van der Waals surface area (Å²) < 4.78 is 51.5. The van der Waals surface area contributed by atoms with Crippen molar-refractivity contribution >= 4 is 5.69 Å². The molecule has 17 heavy (non-hydrogen) atoms. The van der Waals surface area contributed by atoms with E-state index in [0.29, 0.717) is 19.3 Å². The normalized spacial score (nSPS) is 10.6. The molecular formula is C10H12F4N2O. The monoisotopic (exact) mass is 252 g/mol.